The second kappa shape index (κ2) is 7.67. The Morgan fingerprint density at radius 2 is 2.05 bits per heavy atom. The van der Waals surface area contributed by atoms with Crippen LogP contribution in [0.4, 0.5) is 4.79 Å². The number of hydrogen-bond donors (Lipinski definition) is 2. The number of aliphatic hydroxyl groups excluding tert-OH is 1. The average Bonchev–Trinajstić information content (AvgIpc) is 2.54. The Bertz CT molecular complexity index is 525. The molecule has 1 heterocycles. The number of rotatable bonds is 2. The predicted molar refractivity (Wildman–Crippen MR) is 79.7 cm³/mol. The second-order valence-corrected chi connectivity index (χ2v) is 4.85. The van der Waals surface area contributed by atoms with Gasteiger partial charge in [0.2, 0.25) is 0 Å². The lowest BCUT2D eigenvalue weighted by Gasteiger charge is -2.28. The molecule has 1 aromatic carbocycles. The van der Waals surface area contributed by atoms with Crippen LogP contribution in [-0.4, -0.2) is 48.9 Å². The van der Waals surface area contributed by atoms with E-state index in [1.54, 1.807) is 4.90 Å². The van der Waals surface area contributed by atoms with Crippen molar-refractivity contribution in [3.63, 3.8) is 0 Å². The highest BCUT2D eigenvalue weighted by Crippen LogP contribution is 2.13. The summed E-state index contributed by atoms with van der Waals surface area (Å²) in [6, 6.07) is 7.51. The lowest BCUT2D eigenvalue weighted by Crippen LogP contribution is -2.46. The van der Waals surface area contributed by atoms with Crippen molar-refractivity contribution < 1.29 is 14.6 Å². The first-order valence-corrected chi connectivity index (χ1v) is 7.03. The molecular weight excluding hydrogens is 268 g/mol. The molecule has 2 rings (SSSR count). The third kappa shape index (κ3) is 4.48. The molecule has 5 heteroatoms. The molecule has 1 saturated heterocycles. The summed E-state index contributed by atoms with van der Waals surface area (Å²) in [6.45, 7) is 4.27. The Kier molecular flexibility index (Phi) is 5.61. The Balaban J connectivity index is 1.93. The largest absolute Gasteiger partial charge is 0.384 e. The first kappa shape index (κ1) is 15.4. The fourth-order valence-corrected chi connectivity index (χ4v) is 2.12. The highest BCUT2D eigenvalue weighted by molar-refractivity contribution is 5.74. The van der Waals surface area contributed by atoms with Gasteiger partial charge in [-0.1, -0.05) is 24.0 Å². The standard InChI is InChI=1S/C16H20N2O3/c1-13(17-16(20)18-8-11-21-12-9-18)15-6-4-14(5-7-15)3-2-10-19/h4-7,13,19H,8-12H2,1H3,(H,17,20). The predicted octanol–water partition coefficient (Wildman–Crippen LogP) is 1.13. The minimum Gasteiger partial charge on any atom is -0.384 e. The van der Waals surface area contributed by atoms with E-state index >= 15 is 0 Å². The number of nitrogens with zero attached hydrogens (tertiary/aromatic N) is 1. The Morgan fingerprint density at radius 1 is 1.38 bits per heavy atom. The van der Waals surface area contributed by atoms with E-state index in [0.29, 0.717) is 26.3 Å². The van der Waals surface area contributed by atoms with Crippen LogP contribution in [0.15, 0.2) is 24.3 Å². The summed E-state index contributed by atoms with van der Waals surface area (Å²) in [5.41, 5.74) is 1.87. The summed E-state index contributed by atoms with van der Waals surface area (Å²) < 4.78 is 5.23. The van der Waals surface area contributed by atoms with Gasteiger partial charge in [0, 0.05) is 18.7 Å². The van der Waals surface area contributed by atoms with Gasteiger partial charge in [-0.05, 0) is 24.6 Å². The molecule has 1 unspecified atom stereocenters. The van der Waals surface area contributed by atoms with E-state index in [0.717, 1.165) is 11.1 Å². The lowest BCUT2D eigenvalue weighted by atomic mass is 10.1. The zero-order valence-electron chi connectivity index (χ0n) is 12.1. The van der Waals surface area contributed by atoms with Gasteiger partial charge in [-0.3, -0.25) is 0 Å². The van der Waals surface area contributed by atoms with Crippen molar-refractivity contribution in [2.75, 3.05) is 32.9 Å². The monoisotopic (exact) mass is 288 g/mol. The number of aliphatic hydroxyl groups is 1. The molecule has 2 amide bonds. The van der Waals surface area contributed by atoms with Crippen LogP contribution in [-0.2, 0) is 4.74 Å². The van der Waals surface area contributed by atoms with Gasteiger partial charge >= 0.3 is 6.03 Å². The molecule has 1 aliphatic rings. The quantitative estimate of drug-likeness (QED) is 0.802. The van der Waals surface area contributed by atoms with Crippen molar-refractivity contribution >= 4 is 6.03 Å². The molecule has 0 bridgehead atoms. The number of carbonyl (C=O) groups is 1. The Hall–Kier alpha value is -2.03. The van der Waals surface area contributed by atoms with E-state index in [4.69, 9.17) is 9.84 Å². The Morgan fingerprint density at radius 3 is 2.67 bits per heavy atom. The normalized spacial score (nSPS) is 15.8. The van der Waals surface area contributed by atoms with E-state index < -0.39 is 0 Å². The molecule has 5 nitrogen and oxygen atoms in total. The Labute approximate surface area is 124 Å². The van der Waals surface area contributed by atoms with Gasteiger partial charge in [0.1, 0.15) is 6.61 Å². The van der Waals surface area contributed by atoms with E-state index in [2.05, 4.69) is 17.2 Å². The topological polar surface area (TPSA) is 61.8 Å². The highest BCUT2D eigenvalue weighted by Gasteiger charge is 2.18. The number of amides is 2. The lowest BCUT2D eigenvalue weighted by molar-refractivity contribution is 0.0526. The van der Waals surface area contributed by atoms with E-state index in [9.17, 15) is 4.79 Å². The number of morpholine rings is 1. The van der Waals surface area contributed by atoms with Crippen LogP contribution in [0.1, 0.15) is 24.1 Å². The van der Waals surface area contributed by atoms with Gasteiger partial charge in [-0.2, -0.15) is 0 Å². The van der Waals surface area contributed by atoms with Crippen molar-refractivity contribution in [3.05, 3.63) is 35.4 Å². The maximum absolute atomic E-state index is 12.1. The summed E-state index contributed by atoms with van der Waals surface area (Å²) in [5, 5.41) is 11.6. The zero-order valence-corrected chi connectivity index (χ0v) is 12.1. The summed E-state index contributed by atoms with van der Waals surface area (Å²) >= 11 is 0. The van der Waals surface area contributed by atoms with Crippen molar-refractivity contribution in [1.82, 2.24) is 10.2 Å². The molecule has 1 atom stereocenters. The molecule has 0 spiro atoms. The molecule has 0 radical (unpaired) electrons. The van der Waals surface area contributed by atoms with Crippen LogP contribution < -0.4 is 5.32 Å². The number of urea groups is 1. The van der Waals surface area contributed by atoms with Gasteiger partial charge in [0.05, 0.1) is 19.3 Å². The molecule has 0 aromatic heterocycles. The van der Waals surface area contributed by atoms with Crippen LogP contribution in [0.2, 0.25) is 0 Å². The van der Waals surface area contributed by atoms with Gasteiger partial charge in [-0.15, -0.1) is 0 Å². The van der Waals surface area contributed by atoms with E-state index in [-0.39, 0.29) is 18.7 Å². The van der Waals surface area contributed by atoms with E-state index in [1.165, 1.54) is 0 Å². The second-order valence-electron chi connectivity index (χ2n) is 4.85. The first-order chi connectivity index (χ1) is 10.2. The molecule has 1 fully saturated rings. The molecule has 1 aliphatic heterocycles. The number of hydrogen-bond acceptors (Lipinski definition) is 3. The SMILES string of the molecule is CC(NC(=O)N1CCOCC1)c1ccc(C#CCO)cc1. The summed E-state index contributed by atoms with van der Waals surface area (Å²) in [7, 11) is 0. The van der Waals surface area contributed by atoms with Gasteiger partial charge in [0.15, 0.2) is 0 Å². The molecule has 0 saturated carbocycles. The van der Waals surface area contributed by atoms with Gasteiger partial charge in [0.25, 0.3) is 0 Å². The molecular formula is C16H20N2O3. The summed E-state index contributed by atoms with van der Waals surface area (Å²) in [5.74, 6) is 5.45. The van der Waals surface area contributed by atoms with Crippen LogP contribution in [0.25, 0.3) is 0 Å². The maximum atomic E-state index is 12.1. The third-order valence-electron chi connectivity index (χ3n) is 3.36. The number of nitrogens with one attached hydrogen (secondary N) is 1. The zero-order chi connectivity index (χ0) is 15.1. The number of benzene rings is 1. The molecule has 112 valence electrons. The third-order valence-corrected chi connectivity index (χ3v) is 3.36. The smallest absolute Gasteiger partial charge is 0.318 e. The van der Waals surface area contributed by atoms with Gasteiger partial charge < -0.3 is 20.1 Å². The minimum absolute atomic E-state index is 0.0602. The highest BCUT2D eigenvalue weighted by atomic mass is 16.5. The molecule has 21 heavy (non-hydrogen) atoms. The van der Waals surface area contributed by atoms with Crippen molar-refractivity contribution in [1.29, 1.82) is 0 Å². The fourth-order valence-electron chi connectivity index (χ4n) is 2.12. The maximum Gasteiger partial charge on any atom is 0.318 e. The van der Waals surface area contributed by atoms with Crippen LogP contribution in [0.5, 0.6) is 0 Å². The first-order valence-electron chi connectivity index (χ1n) is 7.03. The van der Waals surface area contributed by atoms with Crippen molar-refractivity contribution in [2.24, 2.45) is 0 Å². The summed E-state index contributed by atoms with van der Waals surface area (Å²) in [6.07, 6.45) is 0. The molecule has 1 aromatic rings. The number of carbonyl (C=O) groups excluding carboxylic acids is 1. The molecule has 0 aliphatic carbocycles. The fraction of sp³-hybridized carbons (Fsp3) is 0.438. The van der Waals surface area contributed by atoms with Crippen LogP contribution in [0.3, 0.4) is 0 Å². The van der Waals surface area contributed by atoms with E-state index in [1.807, 2.05) is 31.2 Å². The summed E-state index contributed by atoms with van der Waals surface area (Å²) in [4.78, 5) is 13.9. The minimum atomic E-state index is -0.145. The number of ether oxygens (including phenoxy) is 1. The molecule has 2 N–H and O–H groups in total. The van der Waals surface area contributed by atoms with Crippen LogP contribution in [0, 0.1) is 11.8 Å². The van der Waals surface area contributed by atoms with Gasteiger partial charge in [-0.25, -0.2) is 4.79 Å². The van der Waals surface area contributed by atoms with Crippen LogP contribution >= 0.6 is 0 Å². The van der Waals surface area contributed by atoms with Crippen molar-refractivity contribution in [3.8, 4) is 11.8 Å². The van der Waals surface area contributed by atoms with Crippen molar-refractivity contribution in [2.45, 2.75) is 13.0 Å². The average molecular weight is 288 g/mol.